The predicted octanol–water partition coefficient (Wildman–Crippen LogP) is 3.48. The summed E-state index contributed by atoms with van der Waals surface area (Å²) in [5.74, 6) is -0.0514. The zero-order valence-electron chi connectivity index (χ0n) is 9.50. The Labute approximate surface area is 109 Å². The summed E-state index contributed by atoms with van der Waals surface area (Å²) in [6.07, 6.45) is 2.07. The smallest absolute Gasteiger partial charge is 0.251 e. The van der Waals surface area contributed by atoms with Crippen molar-refractivity contribution in [2.75, 3.05) is 6.54 Å². The molecule has 3 nitrogen and oxygen atoms in total. The quantitative estimate of drug-likeness (QED) is 0.863. The Morgan fingerprint density at radius 3 is 3.12 bits per heavy atom. The molecular formula is C12H13ClN2OS. The fourth-order valence-corrected chi connectivity index (χ4v) is 2.53. The number of carbonyl (C=O) groups is 1. The molecule has 0 unspecified atom stereocenters. The molecule has 5 heteroatoms. The monoisotopic (exact) mass is 268 g/mol. The van der Waals surface area contributed by atoms with E-state index in [0.29, 0.717) is 16.6 Å². The molecule has 2 rings (SSSR count). The molecule has 0 fully saturated rings. The minimum Gasteiger partial charge on any atom is -0.352 e. The Bertz CT molecular complexity index is 538. The van der Waals surface area contributed by atoms with Gasteiger partial charge in [-0.05, 0) is 24.6 Å². The maximum Gasteiger partial charge on any atom is 0.251 e. The van der Waals surface area contributed by atoms with Gasteiger partial charge in [0.2, 0.25) is 0 Å². The van der Waals surface area contributed by atoms with Crippen LogP contribution in [0.5, 0.6) is 0 Å². The summed E-state index contributed by atoms with van der Waals surface area (Å²) in [4.78, 5) is 16.0. The highest BCUT2D eigenvalue weighted by atomic mass is 35.5. The van der Waals surface area contributed by atoms with Gasteiger partial charge in [-0.2, -0.15) is 0 Å². The Morgan fingerprint density at radius 1 is 1.53 bits per heavy atom. The first kappa shape index (κ1) is 12.3. The summed E-state index contributed by atoms with van der Waals surface area (Å²) >= 11 is 7.24. The molecule has 0 spiro atoms. The second-order valence-corrected chi connectivity index (χ2v) is 5.37. The first-order valence-corrected chi connectivity index (χ1v) is 6.74. The number of thiazole rings is 1. The largest absolute Gasteiger partial charge is 0.352 e. The van der Waals surface area contributed by atoms with Crippen molar-refractivity contribution in [2.45, 2.75) is 19.8 Å². The molecule has 0 aliphatic heterocycles. The average Bonchev–Trinajstić information content (AvgIpc) is 2.68. The first-order valence-electron chi connectivity index (χ1n) is 5.55. The molecule has 1 heterocycles. The summed E-state index contributed by atoms with van der Waals surface area (Å²) in [5, 5.41) is 2.88. The minimum atomic E-state index is -0.0514. The molecule has 0 aliphatic rings. The summed E-state index contributed by atoms with van der Waals surface area (Å²) in [6.45, 7) is 2.81. The molecule has 1 aromatic heterocycles. The molecule has 0 saturated carbocycles. The van der Waals surface area contributed by atoms with Gasteiger partial charge in [-0.25, -0.2) is 4.98 Å². The third-order valence-electron chi connectivity index (χ3n) is 2.44. The number of unbranched alkanes of at least 4 members (excludes halogenated alkanes) is 1. The normalized spacial score (nSPS) is 10.7. The molecule has 1 aromatic carbocycles. The van der Waals surface area contributed by atoms with Crippen LogP contribution in [0.3, 0.4) is 0 Å². The van der Waals surface area contributed by atoms with Gasteiger partial charge in [0, 0.05) is 12.1 Å². The third-order valence-corrected chi connectivity index (χ3v) is 3.58. The standard InChI is InChI=1S/C12H13ClN2OS/c1-2-3-6-14-11(16)8-4-5-10-9(7-8)15-12(13)17-10/h4-5,7H,2-3,6H2,1H3,(H,14,16). The molecular weight excluding hydrogens is 256 g/mol. The highest BCUT2D eigenvalue weighted by molar-refractivity contribution is 7.22. The zero-order chi connectivity index (χ0) is 12.3. The fourth-order valence-electron chi connectivity index (χ4n) is 1.52. The van der Waals surface area contributed by atoms with Crippen molar-refractivity contribution in [1.82, 2.24) is 10.3 Å². The summed E-state index contributed by atoms with van der Waals surface area (Å²) in [6, 6.07) is 5.46. The number of carbonyl (C=O) groups excluding carboxylic acids is 1. The van der Waals surface area contributed by atoms with E-state index in [1.54, 1.807) is 12.1 Å². The summed E-state index contributed by atoms with van der Waals surface area (Å²) < 4.78 is 1.50. The van der Waals surface area contributed by atoms with Crippen molar-refractivity contribution < 1.29 is 4.79 Å². The topological polar surface area (TPSA) is 42.0 Å². The average molecular weight is 269 g/mol. The van der Waals surface area contributed by atoms with E-state index in [-0.39, 0.29) is 5.91 Å². The van der Waals surface area contributed by atoms with E-state index in [0.717, 1.165) is 23.1 Å². The molecule has 0 atom stereocenters. The van der Waals surface area contributed by atoms with Crippen LogP contribution in [0.25, 0.3) is 10.2 Å². The van der Waals surface area contributed by atoms with Crippen LogP contribution < -0.4 is 5.32 Å². The first-order chi connectivity index (χ1) is 8.20. The Balaban J connectivity index is 2.15. The van der Waals surface area contributed by atoms with Crippen LogP contribution in [0.4, 0.5) is 0 Å². The number of hydrogen-bond donors (Lipinski definition) is 1. The number of benzene rings is 1. The number of halogens is 1. The highest BCUT2D eigenvalue weighted by Crippen LogP contribution is 2.26. The number of fused-ring (bicyclic) bond motifs is 1. The molecule has 1 N–H and O–H groups in total. The SMILES string of the molecule is CCCCNC(=O)c1ccc2sc(Cl)nc2c1. The number of nitrogens with one attached hydrogen (secondary N) is 1. The number of nitrogens with zero attached hydrogens (tertiary/aromatic N) is 1. The molecule has 0 bridgehead atoms. The van der Waals surface area contributed by atoms with Crippen LogP contribution in [0, 0.1) is 0 Å². The molecule has 0 radical (unpaired) electrons. The Kier molecular flexibility index (Phi) is 3.97. The summed E-state index contributed by atoms with van der Waals surface area (Å²) in [7, 11) is 0. The van der Waals surface area contributed by atoms with E-state index in [1.165, 1.54) is 11.3 Å². The lowest BCUT2D eigenvalue weighted by Crippen LogP contribution is -2.24. The maximum absolute atomic E-state index is 11.8. The van der Waals surface area contributed by atoms with Gasteiger partial charge in [-0.15, -0.1) is 11.3 Å². The van der Waals surface area contributed by atoms with Crippen LogP contribution in [0.2, 0.25) is 4.47 Å². The molecule has 0 saturated heterocycles. The number of amides is 1. The number of aromatic nitrogens is 1. The molecule has 17 heavy (non-hydrogen) atoms. The van der Waals surface area contributed by atoms with Gasteiger partial charge in [-0.1, -0.05) is 24.9 Å². The Hall–Kier alpha value is -1.13. The maximum atomic E-state index is 11.8. The van der Waals surface area contributed by atoms with Gasteiger partial charge in [-0.3, -0.25) is 4.79 Å². The van der Waals surface area contributed by atoms with Crippen molar-refractivity contribution in [3.8, 4) is 0 Å². The Morgan fingerprint density at radius 2 is 2.35 bits per heavy atom. The lowest BCUT2D eigenvalue weighted by Gasteiger charge is -2.03. The molecule has 90 valence electrons. The van der Waals surface area contributed by atoms with E-state index in [4.69, 9.17) is 11.6 Å². The van der Waals surface area contributed by atoms with Gasteiger partial charge >= 0.3 is 0 Å². The van der Waals surface area contributed by atoms with Gasteiger partial charge < -0.3 is 5.32 Å². The van der Waals surface area contributed by atoms with Gasteiger partial charge in [0.05, 0.1) is 10.2 Å². The van der Waals surface area contributed by atoms with Crippen molar-refractivity contribution >= 4 is 39.1 Å². The van der Waals surface area contributed by atoms with E-state index >= 15 is 0 Å². The second kappa shape index (κ2) is 5.47. The number of rotatable bonds is 4. The second-order valence-electron chi connectivity index (χ2n) is 3.76. The molecule has 1 amide bonds. The highest BCUT2D eigenvalue weighted by Gasteiger charge is 2.08. The van der Waals surface area contributed by atoms with Crippen molar-refractivity contribution in [1.29, 1.82) is 0 Å². The molecule has 0 aliphatic carbocycles. The van der Waals surface area contributed by atoms with Crippen LogP contribution >= 0.6 is 22.9 Å². The van der Waals surface area contributed by atoms with E-state index in [1.807, 2.05) is 6.07 Å². The van der Waals surface area contributed by atoms with Gasteiger partial charge in [0.1, 0.15) is 0 Å². The minimum absolute atomic E-state index is 0.0514. The van der Waals surface area contributed by atoms with Crippen LogP contribution in [0.15, 0.2) is 18.2 Å². The number of hydrogen-bond acceptors (Lipinski definition) is 3. The summed E-state index contributed by atoms with van der Waals surface area (Å²) in [5.41, 5.74) is 1.42. The van der Waals surface area contributed by atoms with E-state index in [9.17, 15) is 4.79 Å². The van der Waals surface area contributed by atoms with Crippen LogP contribution in [0.1, 0.15) is 30.1 Å². The fraction of sp³-hybridized carbons (Fsp3) is 0.333. The van der Waals surface area contributed by atoms with Gasteiger partial charge in [0.25, 0.3) is 5.91 Å². The molecule has 2 aromatic rings. The van der Waals surface area contributed by atoms with Crippen molar-refractivity contribution in [3.05, 3.63) is 28.2 Å². The van der Waals surface area contributed by atoms with E-state index in [2.05, 4.69) is 17.2 Å². The third kappa shape index (κ3) is 2.96. The van der Waals surface area contributed by atoms with Crippen molar-refractivity contribution in [2.24, 2.45) is 0 Å². The lowest BCUT2D eigenvalue weighted by atomic mass is 10.2. The predicted molar refractivity (Wildman–Crippen MR) is 71.9 cm³/mol. The van der Waals surface area contributed by atoms with Gasteiger partial charge in [0.15, 0.2) is 4.47 Å². The zero-order valence-corrected chi connectivity index (χ0v) is 11.1. The van der Waals surface area contributed by atoms with Crippen molar-refractivity contribution in [3.63, 3.8) is 0 Å². The van der Waals surface area contributed by atoms with Crippen LogP contribution in [-0.2, 0) is 0 Å². The lowest BCUT2D eigenvalue weighted by molar-refractivity contribution is 0.0953. The van der Waals surface area contributed by atoms with E-state index < -0.39 is 0 Å². The van der Waals surface area contributed by atoms with Crippen LogP contribution in [-0.4, -0.2) is 17.4 Å².